The van der Waals surface area contributed by atoms with Gasteiger partial charge in [0.25, 0.3) is 0 Å². The summed E-state index contributed by atoms with van der Waals surface area (Å²) in [5.41, 5.74) is 9.44. The molecule has 0 saturated heterocycles. The fraction of sp³-hybridized carbons (Fsp3) is 0.400. The molecule has 2 aromatic rings. The van der Waals surface area contributed by atoms with E-state index in [-0.39, 0.29) is 11.9 Å². The van der Waals surface area contributed by atoms with Crippen molar-refractivity contribution in [3.05, 3.63) is 45.7 Å². The van der Waals surface area contributed by atoms with E-state index in [4.69, 9.17) is 10.5 Å². The molecule has 20 heavy (non-hydrogen) atoms. The Hall–Kier alpha value is -1.46. The molecule has 2 N–H and O–H groups in total. The van der Waals surface area contributed by atoms with Crippen LogP contribution in [0.25, 0.3) is 0 Å². The maximum atomic E-state index is 13.9. The van der Waals surface area contributed by atoms with Crippen molar-refractivity contribution >= 4 is 11.3 Å². The summed E-state index contributed by atoms with van der Waals surface area (Å²) in [4.78, 5) is 5.37. The molecule has 0 aliphatic carbocycles. The molecule has 1 atom stereocenters. The molecule has 0 spiro atoms. The van der Waals surface area contributed by atoms with Crippen LogP contribution >= 0.6 is 11.3 Å². The van der Waals surface area contributed by atoms with Crippen molar-refractivity contribution in [3.8, 4) is 5.75 Å². The normalized spacial score (nSPS) is 12.4. The van der Waals surface area contributed by atoms with E-state index in [1.807, 2.05) is 25.4 Å². The molecular formula is C15H19FN2OS. The second kappa shape index (κ2) is 6.81. The molecule has 0 bridgehead atoms. The quantitative estimate of drug-likeness (QED) is 0.890. The minimum Gasteiger partial charge on any atom is -0.490 e. The molecule has 0 fully saturated rings. The third kappa shape index (κ3) is 3.77. The molecule has 0 amide bonds. The smallest absolute Gasteiger partial charge is 0.165 e. The molecular weight excluding hydrogens is 275 g/mol. The Morgan fingerprint density at radius 1 is 1.45 bits per heavy atom. The van der Waals surface area contributed by atoms with Crippen LogP contribution in [0.4, 0.5) is 4.39 Å². The van der Waals surface area contributed by atoms with Gasteiger partial charge in [-0.25, -0.2) is 9.37 Å². The van der Waals surface area contributed by atoms with Crippen molar-refractivity contribution in [1.29, 1.82) is 0 Å². The van der Waals surface area contributed by atoms with Gasteiger partial charge in [-0.15, -0.1) is 11.3 Å². The van der Waals surface area contributed by atoms with E-state index in [0.717, 1.165) is 17.7 Å². The van der Waals surface area contributed by atoms with Crippen LogP contribution in [0, 0.1) is 12.7 Å². The zero-order valence-corrected chi connectivity index (χ0v) is 12.5. The maximum absolute atomic E-state index is 13.9. The van der Waals surface area contributed by atoms with Crippen LogP contribution in [0.2, 0.25) is 0 Å². The fourth-order valence-corrected chi connectivity index (χ4v) is 2.80. The van der Waals surface area contributed by atoms with Crippen LogP contribution in [-0.2, 0) is 12.8 Å². The molecule has 0 saturated carbocycles. The van der Waals surface area contributed by atoms with Crippen LogP contribution in [0.5, 0.6) is 5.75 Å². The number of rotatable bonds is 6. The Balaban J connectivity index is 2.03. The lowest BCUT2D eigenvalue weighted by atomic mass is 10.1. The first kappa shape index (κ1) is 14.9. The number of hydrogen-bond acceptors (Lipinski definition) is 4. The summed E-state index contributed by atoms with van der Waals surface area (Å²) in [6, 6.07) is 4.94. The summed E-state index contributed by atoms with van der Waals surface area (Å²) in [7, 11) is 0. The monoisotopic (exact) mass is 294 g/mol. The predicted octanol–water partition coefficient (Wildman–Crippen LogP) is 3.10. The summed E-state index contributed by atoms with van der Waals surface area (Å²) >= 11 is 1.60. The van der Waals surface area contributed by atoms with Gasteiger partial charge in [-0.3, -0.25) is 0 Å². The number of halogens is 1. The number of para-hydroxylation sites is 1. The van der Waals surface area contributed by atoms with Crippen LogP contribution in [0.3, 0.4) is 0 Å². The standard InChI is InChI=1S/C15H19FN2OS/c1-10(17)8-12-4-3-5-13(16)15(12)19-7-6-14-11(2)18-9-20-14/h3-5,9-10H,6-8,17H2,1-2H3. The highest BCUT2D eigenvalue weighted by atomic mass is 32.1. The molecule has 1 unspecified atom stereocenters. The second-order valence-electron chi connectivity index (χ2n) is 4.87. The van der Waals surface area contributed by atoms with Gasteiger partial charge in [-0.05, 0) is 31.9 Å². The highest BCUT2D eigenvalue weighted by Crippen LogP contribution is 2.24. The van der Waals surface area contributed by atoms with E-state index >= 15 is 0 Å². The van der Waals surface area contributed by atoms with E-state index in [1.165, 1.54) is 10.9 Å². The van der Waals surface area contributed by atoms with Gasteiger partial charge in [0.15, 0.2) is 11.6 Å². The molecule has 3 nitrogen and oxygen atoms in total. The first-order valence-corrected chi connectivity index (χ1v) is 7.50. The summed E-state index contributed by atoms with van der Waals surface area (Å²) < 4.78 is 19.5. The van der Waals surface area contributed by atoms with Crippen molar-refractivity contribution in [2.75, 3.05) is 6.61 Å². The zero-order valence-electron chi connectivity index (χ0n) is 11.7. The van der Waals surface area contributed by atoms with Gasteiger partial charge in [-0.2, -0.15) is 0 Å². The van der Waals surface area contributed by atoms with Crippen molar-refractivity contribution < 1.29 is 9.13 Å². The second-order valence-corrected chi connectivity index (χ2v) is 5.81. The van der Waals surface area contributed by atoms with Crippen LogP contribution < -0.4 is 10.5 Å². The number of nitrogens with zero attached hydrogens (tertiary/aromatic N) is 1. The lowest BCUT2D eigenvalue weighted by Gasteiger charge is -2.13. The highest BCUT2D eigenvalue weighted by Gasteiger charge is 2.12. The van der Waals surface area contributed by atoms with E-state index in [0.29, 0.717) is 18.8 Å². The SMILES string of the molecule is Cc1ncsc1CCOc1c(F)cccc1CC(C)N. The summed E-state index contributed by atoms with van der Waals surface area (Å²) in [6.45, 7) is 4.31. The molecule has 2 rings (SSSR count). The number of ether oxygens (including phenoxy) is 1. The van der Waals surface area contributed by atoms with Gasteiger partial charge in [0.2, 0.25) is 0 Å². The molecule has 108 valence electrons. The van der Waals surface area contributed by atoms with Crippen molar-refractivity contribution in [3.63, 3.8) is 0 Å². The lowest BCUT2D eigenvalue weighted by Crippen LogP contribution is -2.18. The molecule has 1 heterocycles. The maximum Gasteiger partial charge on any atom is 0.165 e. The van der Waals surface area contributed by atoms with Crippen LogP contribution in [0.15, 0.2) is 23.7 Å². The van der Waals surface area contributed by atoms with Gasteiger partial charge >= 0.3 is 0 Å². The van der Waals surface area contributed by atoms with E-state index < -0.39 is 0 Å². The number of nitrogens with two attached hydrogens (primary N) is 1. The Bertz CT molecular complexity index is 569. The van der Waals surface area contributed by atoms with Crippen LogP contribution in [0.1, 0.15) is 23.1 Å². The van der Waals surface area contributed by atoms with Crippen molar-refractivity contribution in [2.45, 2.75) is 32.7 Å². The average molecular weight is 294 g/mol. The molecule has 0 aliphatic heterocycles. The van der Waals surface area contributed by atoms with Crippen LogP contribution in [-0.4, -0.2) is 17.6 Å². The van der Waals surface area contributed by atoms with Gasteiger partial charge < -0.3 is 10.5 Å². The van der Waals surface area contributed by atoms with Gasteiger partial charge in [0.1, 0.15) is 0 Å². The Kier molecular flexibility index (Phi) is 5.09. The summed E-state index contributed by atoms with van der Waals surface area (Å²) in [6.07, 6.45) is 1.34. The third-order valence-electron chi connectivity index (χ3n) is 3.01. The number of aryl methyl sites for hydroxylation is 1. The Morgan fingerprint density at radius 2 is 2.25 bits per heavy atom. The average Bonchev–Trinajstić information content (AvgIpc) is 2.78. The molecule has 1 aromatic carbocycles. The summed E-state index contributed by atoms with van der Waals surface area (Å²) in [5.74, 6) is -0.00357. The molecule has 5 heteroatoms. The zero-order chi connectivity index (χ0) is 14.5. The van der Waals surface area contributed by atoms with E-state index in [1.54, 1.807) is 17.4 Å². The minimum absolute atomic E-state index is 0.0251. The summed E-state index contributed by atoms with van der Waals surface area (Å²) in [5, 5.41) is 0. The highest BCUT2D eigenvalue weighted by molar-refractivity contribution is 7.09. The molecule has 0 radical (unpaired) electrons. The van der Waals surface area contributed by atoms with E-state index in [2.05, 4.69) is 4.98 Å². The minimum atomic E-state index is -0.329. The van der Waals surface area contributed by atoms with Gasteiger partial charge in [0, 0.05) is 17.3 Å². The number of thiazole rings is 1. The van der Waals surface area contributed by atoms with Gasteiger partial charge in [0.05, 0.1) is 17.8 Å². The largest absolute Gasteiger partial charge is 0.490 e. The third-order valence-corrected chi connectivity index (χ3v) is 4.01. The Labute approximate surface area is 122 Å². The first-order chi connectivity index (χ1) is 9.58. The number of benzene rings is 1. The Morgan fingerprint density at radius 3 is 2.90 bits per heavy atom. The van der Waals surface area contributed by atoms with Crippen molar-refractivity contribution in [1.82, 2.24) is 4.98 Å². The topological polar surface area (TPSA) is 48.1 Å². The predicted molar refractivity (Wildman–Crippen MR) is 79.8 cm³/mol. The van der Waals surface area contributed by atoms with Crippen molar-refractivity contribution in [2.24, 2.45) is 5.73 Å². The number of aromatic nitrogens is 1. The van der Waals surface area contributed by atoms with E-state index in [9.17, 15) is 4.39 Å². The van der Waals surface area contributed by atoms with Gasteiger partial charge in [-0.1, -0.05) is 12.1 Å². The first-order valence-electron chi connectivity index (χ1n) is 6.62. The fourth-order valence-electron chi connectivity index (χ4n) is 2.03. The molecule has 0 aliphatic rings. The molecule has 1 aromatic heterocycles. The lowest BCUT2D eigenvalue weighted by molar-refractivity contribution is 0.302. The number of hydrogen-bond donors (Lipinski definition) is 1.